The summed E-state index contributed by atoms with van der Waals surface area (Å²) >= 11 is 3.31. The van der Waals surface area contributed by atoms with Crippen molar-refractivity contribution in [1.29, 1.82) is 0 Å². The van der Waals surface area contributed by atoms with Gasteiger partial charge in [0.25, 0.3) is 0 Å². The fraction of sp³-hybridized carbons (Fsp3) is 0.769. The van der Waals surface area contributed by atoms with Crippen LogP contribution >= 0.6 is 15.9 Å². The number of fused-ring (bicyclic) bond motifs is 2. The predicted molar refractivity (Wildman–Crippen MR) is 73.3 cm³/mol. The minimum absolute atomic E-state index is 0.0596. The van der Waals surface area contributed by atoms with E-state index in [0.29, 0.717) is 11.0 Å². The van der Waals surface area contributed by atoms with Gasteiger partial charge in [-0.15, -0.1) is 0 Å². The first-order valence-corrected chi connectivity index (χ1v) is 7.54. The molecule has 3 rings (SSSR count). The lowest BCUT2D eigenvalue weighted by atomic mass is 9.88. The number of nitrogens with zero attached hydrogens (tertiary/aromatic N) is 2. The molecule has 0 aromatic carbocycles. The molecule has 0 aliphatic carbocycles. The van der Waals surface area contributed by atoms with E-state index in [4.69, 9.17) is 4.74 Å². The van der Waals surface area contributed by atoms with Crippen LogP contribution in [0.3, 0.4) is 0 Å². The number of carbonyl (C=O) groups is 1. The third kappa shape index (κ3) is 2.05. The molecule has 3 heterocycles. The van der Waals surface area contributed by atoms with Crippen LogP contribution in [0.5, 0.6) is 0 Å². The molecule has 5 nitrogen and oxygen atoms in total. The number of ether oxygens (including phenoxy) is 1. The molecule has 0 saturated carbocycles. The van der Waals surface area contributed by atoms with Crippen molar-refractivity contribution in [2.24, 2.45) is 5.92 Å². The first kappa shape index (κ1) is 13.5. The van der Waals surface area contributed by atoms with Crippen LogP contribution in [0.2, 0.25) is 0 Å². The molecule has 19 heavy (non-hydrogen) atoms. The Morgan fingerprint density at radius 2 is 2.21 bits per heavy atom. The van der Waals surface area contributed by atoms with Crippen molar-refractivity contribution in [1.82, 2.24) is 9.80 Å². The summed E-state index contributed by atoms with van der Waals surface area (Å²) in [5.41, 5.74) is 0. The molecule has 0 spiro atoms. The zero-order valence-electron chi connectivity index (χ0n) is 11.1. The summed E-state index contributed by atoms with van der Waals surface area (Å²) < 4.78 is 6.35. The van der Waals surface area contributed by atoms with E-state index in [1.54, 1.807) is 6.20 Å². The third-order valence-corrected chi connectivity index (χ3v) is 5.08. The maximum Gasteiger partial charge on any atom is 0.176 e. The van der Waals surface area contributed by atoms with Crippen LogP contribution in [0.1, 0.15) is 20.3 Å². The van der Waals surface area contributed by atoms with Crippen LogP contribution in [0, 0.1) is 5.92 Å². The summed E-state index contributed by atoms with van der Waals surface area (Å²) in [5.74, 6) is -0.159. The molecule has 4 unspecified atom stereocenters. The molecule has 6 heteroatoms. The first-order valence-electron chi connectivity index (χ1n) is 6.75. The van der Waals surface area contributed by atoms with E-state index >= 15 is 0 Å². The van der Waals surface area contributed by atoms with E-state index in [9.17, 15) is 9.90 Å². The molecule has 5 atom stereocenters. The van der Waals surface area contributed by atoms with E-state index in [1.165, 1.54) is 0 Å². The highest BCUT2D eigenvalue weighted by molar-refractivity contribution is 9.12. The molecule has 106 valence electrons. The fourth-order valence-corrected chi connectivity index (χ4v) is 4.01. The lowest BCUT2D eigenvalue weighted by molar-refractivity contribution is -0.236. The number of aliphatic hydroxyl groups is 1. The van der Waals surface area contributed by atoms with Gasteiger partial charge in [0.15, 0.2) is 5.78 Å². The standard InChI is InChI=1S/C13H19BrN2O3/c1-7-3-4-19-10-6-15-5-9(14)12(17)8(2)11(15)13(18)16(7)10/h5,7-8,10-11,13,18H,3-4,6H2,1-2H3/t7-,8?,10?,11?,13?/m1/s1. The lowest BCUT2D eigenvalue weighted by Gasteiger charge is -2.55. The molecule has 1 N–H and O–H groups in total. The number of aliphatic hydroxyl groups excluding tert-OH is 1. The number of hydrogen-bond acceptors (Lipinski definition) is 5. The molecule has 3 aliphatic rings. The summed E-state index contributed by atoms with van der Waals surface area (Å²) in [4.78, 5) is 16.1. The van der Waals surface area contributed by atoms with Gasteiger partial charge in [-0.05, 0) is 29.3 Å². The van der Waals surface area contributed by atoms with Crippen molar-refractivity contribution in [3.63, 3.8) is 0 Å². The molecule has 0 aromatic rings. The Kier molecular flexibility index (Phi) is 3.45. The summed E-state index contributed by atoms with van der Waals surface area (Å²) in [6.45, 7) is 5.41. The molecular weight excluding hydrogens is 312 g/mol. The Labute approximate surface area is 121 Å². The van der Waals surface area contributed by atoms with E-state index < -0.39 is 6.23 Å². The highest BCUT2D eigenvalue weighted by Gasteiger charge is 2.49. The van der Waals surface area contributed by atoms with E-state index in [2.05, 4.69) is 22.9 Å². The topological polar surface area (TPSA) is 53.0 Å². The van der Waals surface area contributed by atoms with Crippen molar-refractivity contribution in [3.05, 3.63) is 10.7 Å². The van der Waals surface area contributed by atoms with Crippen LogP contribution in [0.4, 0.5) is 0 Å². The highest BCUT2D eigenvalue weighted by Crippen LogP contribution is 2.36. The Bertz CT molecular complexity index is 428. The molecule has 2 fully saturated rings. The summed E-state index contributed by atoms with van der Waals surface area (Å²) in [7, 11) is 0. The first-order chi connectivity index (χ1) is 9.00. The van der Waals surface area contributed by atoms with Gasteiger partial charge in [0.05, 0.1) is 23.7 Å². The van der Waals surface area contributed by atoms with Gasteiger partial charge >= 0.3 is 0 Å². The second-order valence-corrected chi connectivity index (χ2v) is 6.50. The van der Waals surface area contributed by atoms with Gasteiger partial charge < -0.3 is 14.7 Å². The SMILES string of the molecule is CC1C(=O)C(Br)=CN2CC3OCC[C@@H](C)N3C(O)C12. The van der Waals surface area contributed by atoms with Crippen molar-refractivity contribution < 1.29 is 14.6 Å². The van der Waals surface area contributed by atoms with Gasteiger partial charge in [-0.2, -0.15) is 0 Å². The number of hydrogen-bond donors (Lipinski definition) is 1. The van der Waals surface area contributed by atoms with E-state index in [1.807, 2.05) is 16.7 Å². The number of ketones is 1. The number of halogens is 1. The van der Waals surface area contributed by atoms with Crippen LogP contribution < -0.4 is 0 Å². The Hall–Kier alpha value is -0.430. The van der Waals surface area contributed by atoms with Crippen molar-refractivity contribution in [2.45, 2.75) is 44.8 Å². The molecule has 0 amide bonds. The van der Waals surface area contributed by atoms with Crippen molar-refractivity contribution in [3.8, 4) is 0 Å². The smallest absolute Gasteiger partial charge is 0.176 e. The second kappa shape index (κ2) is 4.84. The number of piperazine rings is 1. The van der Waals surface area contributed by atoms with Gasteiger partial charge in [-0.25, -0.2) is 4.90 Å². The zero-order chi connectivity index (χ0) is 13.7. The average Bonchev–Trinajstić information content (AvgIpc) is 2.35. The van der Waals surface area contributed by atoms with E-state index in [-0.39, 0.29) is 30.0 Å². The molecule has 2 saturated heterocycles. The minimum atomic E-state index is -0.662. The van der Waals surface area contributed by atoms with Gasteiger partial charge in [0.1, 0.15) is 12.5 Å². The molecule has 0 bridgehead atoms. The number of allylic oxidation sites excluding steroid dienone is 1. The number of carbonyl (C=O) groups excluding carboxylic acids is 1. The monoisotopic (exact) mass is 330 g/mol. The fourth-order valence-electron chi connectivity index (χ4n) is 3.39. The van der Waals surface area contributed by atoms with E-state index in [0.717, 1.165) is 13.0 Å². The normalized spacial score (nSPS) is 43.6. The molecular formula is C13H19BrN2O3. The second-order valence-electron chi connectivity index (χ2n) is 5.64. The quantitative estimate of drug-likeness (QED) is 0.714. The van der Waals surface area contributed by atoms with Gasteiger partial charge in [-0.3, -0.25) is 4.79 Å². The largest absolute Gasteiger partial charge is 0.376 e. The van der Waals surface area contributed by atoms with Crippen LogP contribution in [0.15, 0.2) is 10.7 Å². The van der Waals surface area contributed by atoms with Crippen molar-refractivity contribution >= 4 is 21.7 Å². The molecule has 0 radical (unpaired) electrons. The zero-order valence-corrected chi connectivity index (χ0v) is 12.7. The van der Waals surface area contributed by atoms with Crippen LogP contribution in [0.25, 0.3) is 0 Å². The Balaban J connectivity index is 1.93. The highest BCUT2D eigenvalue weighted by atomic mass is 79.9. The molecule has 3 aliphatic heterocycles. The summed E-state index contributed by atoms with van der Waals surface area (Å²) in [6.07, 6.45) is 1.97. The Morgan fingerprint density at radius 1 is 1.47 bits per heavy atom. The van der Waals surface area contributed by atoms with Crippen LogP contribution in [-0.4, -0.2) is 58.4 Å². The number of Topliss-reactive ketones (excluding diaryl/α,β-unsaturated/α-hetero) is 1. The third-order valence-electron chi connectivity index (χ3n) is 4.49. The number of rotatable bonds is 0. The lowest BCUT2D eigenvalue weighted by Crippen LogP contribution is -2.69. The summed E-state index contributed by atoms with van der Waals surface area (Å²) in [6, 6.07) is 0.0988. The van der Waals surface area contributed by atoms with Gasteiger partial charge in [0.2, 0.25) is 0 Å². The maximum absolute atomic E-state index is 12.1. The predicted octanol–water partition coefficient (Wildman–Crippen LogP) is 0.881. The van der Waals surface area contributed by atoms with Gasteiger partial charge in [-0.1, -0.05) is 6.92 Å². The average molecular weight is 331 g/mol. The maximum atomic E-state index is 12.1. The Morgan fingerprint density at radius 3 is 2.95 bits per heavy atom. The van der Waals surface area contributed by atoms with Crippen LogP contribution in [-0.2, 0) is 9.53 Å². The minimum Gasteiger partial charge on any atom is -0.376 e. The van der Waals surface area contributed by atoms with Crippen molar-refractivity contribution in [2.75, 3.05) is 13.2 Å². The van der Waals surface area contributed by atoms with Gasteiger partial charge in [0, 0.05) is 18.2 Å². The summed E-state index contributed by atoms with van der Waals surface area (Å²) in [5, 5.41) is 10.7. The molecule has 0 aromatic heterocycles.